The fourth-order valence-corrected chi connectivity index (χ4v) is 1.96. The molecule has 0 aromatic heterocycles. The van der Waals surface area contributed by atoms with Crippen LogP contribution in [0.5, 0.6) is 5.75 Å². The summed E-state index contributed by atoms with van der Waals surface area (Å²) in [5.41, 5.74) is 0.714. The maximum absolute atomic E-state index is 11.8. The van der Waals surface area contributed by atoms with Gasteiger partial charge < -0.3 is 15.4 Å². The monoisotopic (exact) mass is 248 g/mol. The second-order valence-electron chi connectivity index (χ2n) is 4.76. The number of hydrogen-bond donors (Lipinski definition) is 2. The van der Waals surface area contributed by atoms with E-state index < -0.39 is 0 Å². The van der Waals surface area contributed by atoms with E-state index in [2.05, 4.69) is 17.6 Å². The number of carbonyl (C=O) groups is 1. The third-order valence-electron chi connectivity index (χ3n) is 3.29. The largest absolute Gasteiger partial charge is 0.495 e. The van der Waals surface area contributed by atoms with Crippen molar-refractivity contribution >= 4 is 11.6 Å². The molecule has 1 aliphatic rings. The van der Waals surface area contributed by atoms with Crippen LogP contribution in [0.2, 0.25) is 0 Å². The first-order valence-electron chi connectivity index (χ1n) is 6.37. The van der Waals surface area contributed by atoms with E-state index in [4.69, 9.17) is 4.74 Å². The van der Waals surface area contributed by atoms with E-state index in [1.165, 1.54) is 12.8 Å². The minimum Gasteiger partial charge on any atom is -0.495 e. The Morgan fingerprint density at radius 3 is 2.83 bits per heavy atom. The number of ether oxygens (including phenoxy) is 1. The topological polar surface area (TPSA) is 50.4 Å². The highest BCUT2D eigenvalue weighted by Gasteiger charge is 2.27. The zero-order valence-corrected chi connectivity index (χ0v) is 10.9. The molecule has 1 amide bonds. The lowest BCUT2D eigenvalue weighted by Gasteiger charge is -2.13. The molecule has 1 unspecified atom stereocenters. The molecule has 98 valence electrons. The van der Waals surface area contributed by atoms with Crippen molar-refractivity contribution in [3.05, 3.63) is 24.3 Å². The van der Waals surface area contributed by atoms with Crippen LogP contribution in [0, 0.1) is 5.92 Å². The molecule has 2 N–H and O–H groups in total. The molecule has 0 aliphatic heterocycles. The fraction of sp³-hybridized carbons (Fsp3) is 0.500. The number of nitrogens with one attached hydrogen (secondary N) is 2. The van der Waals surface area contributed by atoms with Gasteiger partial charge in [0.15, 0.2) is 0 Å². The SMILES string of the molecule is COc1ccccc1NC(=O)CNC(C)C1CC1. The number of carbonyl (C=O) groups excluding carboxylic acids is 1. The van der Waals surface area contributed by atoms with Crippen LogP contribution >= 0.6 is 0 Å². The van der Waals surface area contributed by atoms with Crippen molar-refractivity contribution in [1.82, 2.24) is 5.32 Å². The lowest BCUT2D eigenvalue weighted by atomic mass is 10.2. The van der Waals surface area contributed by atoms with Crippen molar-refractivity contribution < 1.29 is 9.53 Å². The third kappa shape index (κ3) is 3.47. The summed E-state index contributed by atoms with van der Waals surface area (Å²) in [4.78, 5) is 11.8. The van der Waals surface area contributed by atoms with Crippen LogP contribution in [-0.4, -0.2) is 25.6 Å². The van der Waals surface area contributed by atoms with Crippen molar-refractivity contribution in [3.63, 3.8) is 0 Å². The number of amides is 1. The first kappa shape index (κ1) is 12.9. The molecule has 0 heterocycles. The van der Waals surface area contributed by atoms with Gasteiger partial charge in [-0.15, -0.1) is 0 Å². The summed E-state index contributed by atoms with van der Waals surface area (Å²) in [5.74, 6) is 1.40. The normalized spacial score (nSPS) is 16.1. The number of methoxy groups -OCH3 is 1. The number of rotatable bonds is 6. The molecule has 2 rings (SSSR count). The second-order valence-corrected chi connectivity index (χ2v) is 4.76. The van der Waals surface area contributed by atoms with E-state index in [0.29, 0.717) is 24.0 Å². The Morgan fingerprint density at radius 2 is 2.17 bits per heavy atom. The predicted molar refractivity (Wildman–Crippen MR) is 71.8 cm³/mol. The molecule has 1 fully saturated rings. The number of benzene rings is 1. The Morgan fingerprint density at radius 1 is 1.44 bits per heavy atom. The molecule has 0 saturated heterocycles. The van der Waals surface area contributed by atoms with E-state index in [0.717, 1.165) is 5.92 Å². The average molecular weight is 248 g/mol. The van der Waals surface area contributed by atoms with Crippen LogP contribution in [0.1, 0.15) is 19.8 Å². The van der Waals surface area contributed by atoms with Gasteiger partial charge in [-0.2, -0.15) is 0 Å². The van der Waals surface area contributed by atoms with Crippen LogP contribution in [0.25, 0.3) is 0 Å². The Hall–Kier alpha value is -1.55. The van der Waals surface area contributed by atoms with Crippen LogP contribution < -0.4 is 15.4 Å². The van der Waals surface area contributed by atoms with E-state index in [1.54, 1.807) is 7.11 Å². The first-order chi connectivity index (χ1) is 8.70. The van der Waals surface area contributed by atoms with Gasteiger partial charge in [-0.05, 0) is 37.8 Å². The third-order valence-corrected chi connectivity index (χ3v) is 3.29. The number of hydrogen-bond acceptors (Lipinski definition) is 3. The smallest absolute Gasteiger partial charge is 0.238 e. The quantitative estimate of drug-likeness (QED) is 0.809. The predicted octanol–water partition coefficient (Wildman–Crippen LogP) is 2.02. The summed E-state index contributed by atoms with van der Waals surface area (Å²) in [7, 11) is 1.60. The van der Waals surface area contributed by atoms with Gasteiger partial charge in [0.2, 0.25) is 5.91 Å². The van der Waals surface area contributed by atoms with Gasteiger partial charge >= 0.3 is 0 Å². The van der Waals surface area contributed by atoms with Gasteiger partial charge in [0.05, 0.1) is 19.3 Å². The maximum Gasteiger partial charge on any atom is 0.238 e. The lowest BCUT2D eigenvalue weighted by molar-refractivity contribution is -0.115. The highest BCUT2D eigenvalue weighted by Crippen LogP contribution is 2.32. The van der Waals surface area contributed by atoms with Crippen LogP contribution in [0.3, 0.4) is 0 Å². The highest BCUT2D eigenvalue weighted by molar-refractivity contribution is 5.93. The minimum absolute atomic E-state index is 0.0352. The number of anilines is 1. The molecule has 1 aliphatic carbocycles. The lowest BCUT2D eigenvalue weighted by Crippen LogP contribution is -2.35. The summed E-state index contributed by atoms with van der Waals surface area (Å²) in [5, 5.41) is 6.10. The summed E-state index contributed by atoms with van der Waals surface area (Å²) in [6.07, 6.45) is 2.56. The molecule has 1 aromatic rings. The van der Waals surface area contributed by atoms with Crippen molar-refractivity contribution in [2.75, 3.05) is 19.0 Å². The van der Waals surface area contributed by atoms with Crippen molar-refractivity contribution in [1.29, 1.82) is 0 Å². The number of para-hydroxylation sites is 2. The van der Waals surface area contributed by atoms with Gasteiger partial charge in [0, 0.05) is 6.04 Å². The van der Waals surface area contributed by atoms with E-state index in [1.807, 2.05) is 24.3 Å². The molecule has 0 radical (unpaired) electrons. The Labute approximate surface area is 108 Å². The molecule has 0 spiro atoms. The Balaban J connectivity index is 1.82. The van der Waals surface area contributed by atoms with Gasteiger partial charge in [-0.1, -0.05) is 12.1 Å². The molecule has 18 heavy (non-hydrogen) atoms. The van der Waals surface area contributed by atoms with Crippen LogP contribution in [0.15, 0.2) is 24.3 Å². The standard InChI is InChI=1S/C14H20N2O2/c1-10(11-7-8-11)15-9-14(17)16-12-5-3-4-6-13(12)18-2/h3-6,10-11,15H,7-9H2,1-2H3,(H,16,17). The molecule has 1 aromatic carbocycles. The van der Waals surface area contributed by atoms with E-state index in [9.17, 15) is 4.79 Å². The summed E-state index contributed by atoms with van der Waals surface area (Å²) in [6.45, 7) is 2.48. The molecule has 4 nitrogen and oxygen atoms in total. The molecule has 1 atom stereocenters. The fourth-order valence-electron chi connectivity index (χ4n) is 1.96. The molecular weight excluding hydrogens is 228 g/mol. The molecular formula is C14H20N2O2. The van der Waals surface area contributed by atoms with E-state index >= 15 is 0 Å². The van der Waals surface area contributed by atoms with Gasteiger partial charge in [0.1, 0.15) is 5.75 Å². The summed E-state index contributed by atoms with van der Waals surface area (Å²) in [6, 6.07) is 7.84. The molecule has 4 heteroatoms. The minimum atomic E-state index is -0.0352. The van der Waals surface area contributed by atoms with E-state index in [-0.39, 0.29) is 5.91 Å². The first-order valence-corrected chi connectivity index (χ1v) is 6.37. The zero-order chi connectivity index (χ0) is 13.0. The molecule has 1 saturated carbocycles. The highest BCUT2D eigenvalue weighted by atomic mass is 16.5. The van der Waals surface area contributed by atoms with Gasteiger partial charge in [-0.3, -0.25) is 4.79 Å². The van der Waals surface area contributed by atoms with Crippen LogP contribution in [-0.2, 0) is 4.79 Å². The Kier molecular flexibility index (Phi) is 4.20. The summed E-state index contributed by atoms with van der Waals surface area (Å²) >= 11 is 0. The Bertz CT molecular complexity index is 416. The zero-order valence-electron chi connectivity index (χ0n) is 10.9. The van der Waals surface area contributed by atoms with Gasteiger partial charge in [0.25, 0.3) is 0 Å². The van der Waals surface area contributed by atoms with Gasteiger partial charge in [-0.25, -0.2) is 0 Å². The van der Waals surface area contributed by atoms with Crippen molar-refractivity contribution in [3.8, 4) is 5.75 Å². The van der Waals surface area contributed by atoms with Crippen LogP contribution in [0.4, 0.5) is 5.69 Å². The average Bonchev–Trinajstić information content (AvgIpc) is 3.21. The van der Waals surface area contributed by atoms with Crippen molar-refractivity contribution in [2.45, 2.75) is 25.8 Å². The second kappa shape index (κ2) is 5.87. The maximum atomic E-state index is 11.8. The van der Waals surface area contributed by atoms with Crippen molar-refractivity contribution in [2.24, 2.45) is 5.92 Å². The summed E-state index contributed by atoms with van der Waals surface area (Å²) < 4.78 is 5.18. The molecule has 0 bridgehead atoms.